The Kier molecular flexibility index (Phi) is 11.5. The minimum atomic E-state index is -1.33. The van der Waals surface area contributed by atoms with Gasteiger partial charge >= 0.3 is 12.1 Å². The number of aromatic nitrogens is 4. The lowest BCUT2D eigenvalue weighted by molar-refractivity contribution is -0.140. The smallest absolute Gasteiger partial charge is 0.408 e. The summed E-state index contributed by atoms with van der Waals surface area (Å²) in [6.07, 6.45) is -0.191. The molecular formula is C22H29N7O7S. The molecule has 2 rings (SSSR count). The van der Waals surface area contributed by atoms with Crippen LogP contribution in [-0.2, 0) is 30.5 Å². The van der Waals surface area contributed by atoms with Crippen LogP contribution in [0.15, 0.2) is 36.7 Å². The Bertz CT molecular complexity index is 1070. The normalized spacial score (nSPS) is 13.2. The van der Waals surface area contributed by atoms with Crippen LogP contribution in [0.4, 0.5) is 4.79 Å². The number of hydrogen-bond donors (Lipinski definition) is 4. The second-order valence-corrected chi connectivity index (χ2v) is 9.19. The van der Waals surface area contributed by atoms with E-state index in [2.05, 4.69) is 31.5 Å². The molecule has 3 atom stereocenters. The highest BCUT2D eigenvalue weighted by atomic mass is 32.2. The molecular weight excluding hydrogens is 506 g/mol. The number of tetrazole rings is 1. The Morgan fingerprint density at radius 1 is 1.03 bits per heavy atom. The van der Waals surface area contributed by atoms with Gasteiger partial charge in [0, 0.05) is 0 Å². The molecule has 0 bridgehead atoms. The van der Waals surface area contributed by atoms with Crippen LogP contribution in [0, 0.1) is 5.92 Å². The van der Waals surface area contributed by atoms with Crippen molar-refractivity contribution in [2.75, 3.05) is 5.75 Å². The van der Waals surface area contributed by atoms with E-state index >= 15 is 0 Å². The van der Waals surface area contributed by atoms with Crippen molar-refractivity contribution in [1.29, 1.82) is 0 Å². The van der Waals surface area contributed by atoms with Gasteiger partial charge in [-0.05, 0) is 40.8 Å². The van der Waals surface area contributed by atoms with Crippen LogP contribution < -0.4 is 16.0 Å². The van der Waals surface area contributed by atoms with Crippen molar-refractivity contribution in [3.05, 3.63) is 42.2 Å². The van der Waals surface area contributed by atoms with Crippen molar-refractivity contribution in [2.45, 2.75) is 51.9 Å². The highest BCUT2D eigenvalue weighted by Crippen LogP contribution is 2.07. The molecule has 0 radical (unpaired) electrons. The van der Waals surface area contributed by atoms with Crippen molar-refractivity contribution < 1.29 is 33.8 Å². The van der Waals surface area contributed by atoms with Gasteiger partial charge in [-0.15, -0.1) is 5.10 Å². The number of amides is 3. The lowest BCUT2D eigenvalue weighted by Gasteiger charge is -2.24. The molecule has 3 unspecified atom stereocenters. The first-order valence-corrected chi connectivity index (χ1v) is 12.2. The minimum Gasteiger partial charge on any atom is -0.481 e. The van der Waals surface area contributed by atoms with E-state index in [4.69, 9.17) is 9.84 Å². The summed E-state index contributed by atoms with van der Waals surface area (Å²) in [6.45, 7) is 4.80. The van der Waals surface area contributed by atoms with Crippen LogP contribution in [0.3, 0.4) is 0 Å². The fourth-order valence-corrected chi connectivity index (χ4v) is 3.61. The molecule has 2 aromatic rings. The van der Waals surface area contributed by atoms with Gasteiger partial charge in [0.15, 0.2) is 12.1 Å². The molecule has 4 N–H and O–H groups in total. The van der Waals surface area contributed by atoms with Crippen molar-refractivity contribution in [2.24, 2.45) is 5.92 Å². The topological polar surface area (TPSA) is 194 Å². The maximum atomic E-state index is 12.8. The van der Waals surface area contributed by atoms with E-state index in [1.807, 2.05) is 6.07 Å². The number of alkyl carbamates (subject to hydrolysis) is 1. The number of rotatable bonds is 14. The molecule has 0 saturated heterocycles. The van der Waals surface area contributed by atoms with E-state index in [0.717, 1.165) is 17.5 Å². The van der Waals surface area contributed by atoms with E-state index in [1.165, 1.54) is 17.3 Å². The van der Waals surface area contributed by atoms with Crippen LogP contribution in [0.5, 0.6) is 0 Å². The SMILES string of the molecule is CC(NC(=O)C(NC(=O)OCc1ccccc1)C(C)C)C(=O)NC(CC(=O)O)C(=O)CSn1cnnn1. The lowest BCUT2D eigenvalue weighted by Crippen LogP contribution is -2.56. The average Bonchev–Trinajstić information content (AvgIpc) is 3.38. The fourth-order valence-electron chi connectivity index (χ4n) is 2.95. The second kappa shape index (κ2) is 14.5. The summed E-state index contributed by atoms with van der Waals surface area (Å²) in [4.78, 5) is 61.4. The summed E-state index contributed by atoms with van der Waals surface area (Å²) >= 11 is 0.917. The van der Waals surface area contributed by atoms with E-state index in [1.54, 1.807) is 38.1 Å². The number of ketones is 1. The molecule has 0 fully saturated rings. The molecule has 37 heavy (non-hydrogen) atoms. The molecule has 1 aromatic carbocycles. The highest BCUT2D eigenvalue weighted by Gasteiger charge is 2.30. The summed E-state index contributed by atoms with van der Waals surface area (Å²) in [6, 6.07) is 5.52. The summed E-state index contributed by atoms with van der Waals surface area (Å²) in [5.74, 6) is -3.82. The number of nitrogens with one attached hydrogen (secondary N) is 3. The second-order valence-electron chi connectivity index (χ2n) is 8.27. The average molecular weight is 536 g/mol. The standard InChI is InChI=1S/C22H29N7O7S/c1-13(2)19(26-22(35)36-10-15-7-5-4-6-8-15)21(34)24-14(3)20(33)25-16(9-18(31)32)17(30)11-37-29-12-23-27-28-29/h4-8,12-14,16,19H,9-11H2,1-3H3,(H,24,34)(H,25,33)(H,26,35)(H,31,32). The van der Waals surface area contributed by atoms with Gasteiger partial charge in [0.05, 0.1) is 18.2 Å². The van der Waals surface area contributed by atoms with E-state index in [0.29, 0.717) is 0 Å². The largest absolute Gasteiger partial charge is 0.481 e. The third kappa shape index (κ3) is 10.2. The zero-order valence-corrected chi connectivity index (χ0v) is 21.3. The zero-order chi connectivity index (χ0) is 27.4. The number of carbonyl (C=O) groups is 5. The summed E-state index contributed by atoms with van der Waals surface area (Å²) in [7, 11) is 0. The van der Waals surface area contributed by atoms with Crippen molar-refractivity contribution in [1.82, 2.24) is 35.6 Å². The van der Waals surface area contributed by atoms with Gasteiger partial charge < -0.3 is 25.8 Å². The quantitative estimate of drug-likeness (QED) is 0.257. The summed E-state index contributed by atoms with van der Waals surface area (Å²) < 4.78 is 6.37. The molecule has 0 aliphatic rings. The van der Waals surface area contributed by atoms with E-state index < -0.39 is 54.2 Å². The van der Waals surface area contributed by atoms with Gasteiger partial charge in [0.2, 0.25) is 11.8 Å². The van der Waals surface area contributed by atoms with Gasteiger partial charge in [-0.1, -0.05) is 44.2 Å². The van der Waals surface area contributed by atoms with Crippen LogP contribution in [-0.4, -0.2) is 78.3 Å². The first-order valence-electron chi connectivity index (χ1n) is 11.3. The number of ether oxygens (including phenoxy) is 1. The van der Waals surface area contributed by atoms with Crippen LogP contribution >= 0.6 is 11.9 Å². The van der Waals surface area contributed by atoms with Crippen molar-refractivity contribution in [3.8, 4) is 0 Å². The van der Waals surface area contributed by atoms with Gasteiger partial charge in [-0.3, -0.25) is 19.2 Å². The Morgan fingerprint density at radius 3 is 2.32 bits per heavy atom. The Morgan fingerprint density at radius 2 is 1.73 bits per heavy atom. The molecule has 15 heteroatoms. The zero-order valence-electron chi connectivity index (χ0n) is 20.5. The fraction of sp³-hybridized carbons (Fsp3) is 0.455. The molecule has 3 amide bonds. The highest BCUT2D eigenvalue weighted by molar-refractivity contribution is 7.98. The number of aliphatic carboxylic acids is 1. The molecule has 0 aliphatic carbocycles. The third-order valence-electron chi connectivity index (χ3n) is 4.94. The number of nitrogens with zero attached hydrogens (tertiary/aromatic N) is 4. The van der Waals surface area contributed by atoms with E-state index in [9.17, 15) is 24.0 Å². The molecule has 0 aliphatic heterocycles. The Balaban J connectivity index is 1.91. The molecule has 1 aromatic heterocycles. The Labute approximate surface area is 217 Å². The van der Waals surface area contributed by atoms with Gasteiger partial charge in [-0.2, -0.15) is 4.09 Å². The number of carboxylic acids is 1. The molecule has 1 heterocycles. The summed E-state index contributed by atoms with van der Waals surface area (Å²) in [5.41, 5.74) is 0.773. The number of carbonyl (C=O) groups excluding carboxylic acids is 4. The third-order valence-corrected chi connectivity index (χ3v) is 5.79. The first kappa shape index (κ1) is 29.2. The van der Waals surface area contributed by atoms with Crippen molar-refractivity contribution in [3.63, 3.8) is 0 Å². The van der Waals surface area contributed by atoms with Crippen molar-refractivity contribution >= 4 is 41.6 Å². The van der Waals surface area contributed by atoms with E-state index in [-0.39, 0.29) is 18.3 Å². The maximum Gasteiger partial charge on any atom is 0.408 e. The lowest BCUT2D eigenvalue weighted by atomic mass is 10.0. The first-order chi connectivity index (χ1) is 17.6. The molecule has 0 saturated carbocycles. The van der Waals surface area contributed by atoms with Crippen LogP contribution in [0.1, 0.15) is 32.8 Å². The number of Topliss-reactive ketones (excluding diaryl/α,β-unsaturated/α-hetero) is 1. The van der Waals surface area contributed by atoms with Gasteiger partial charge in [-0.25, -0.2) is 4.79 Å². The summed E-state index contributed by atoms with van der Waals surface area (Å²) in [5, 5.41) is 26.9. The predicted molar refractivity (Wildman–Crippen MR) is 131 cm³/mol. The van der Waals surface area contributed by atoms with Crippen LogP contribution in [0.25, 0.3) is 0 Å². The number of benzene rings is 1. The monoisotopic (exact) mass is 535 g/mol. The maximum absolute atomic E-state index is 12.8. The predicted octanol–water partition coefficient (Wildman–Crippen LogP) is 0.154. The molecule has 200 valence electrons. The van der Waals surface area contributed by atoms with Gasteiger partial charge in [0.25, 0.3) is 0 Å². The Hall–Kier alpha value is -4.01. The van der Waals surface area contributed by atoms with Gasteiger partial charge in [0.1, 0.15) is 18.7 Å². The number of hydrogen-bond acceptors (Lipinski definition) is 10. The van der Waals surface area contributed by atoms with Crippen LogP contribution in [0.2, 0.25) is 0 Å². The minimum absolute atomic E-state index is 0.0165. The molecule has 14 nitrogen and oxygen atoms in total. The molecule has 0 spiro atoms. The number of carboxylic acid groups (broad SMARTS) is 1.